The monoisotopic (exact) mass is 616 g/mol. The molecule has 0 radical (unpaired) electrons. The Hall–Kier alpha value is -4.68. The van der Waals surface area contributed by atoms with Gasteiger partial charge in [-0.05, 0) is 67.4 Å². The molecule has 10 nitrogen and oxygen atoms in total. The number of thiocarbonyl (C=S) groups is 1. The normalized spacial score (nSPS) is 13.9. The lowest BCUT2D eigenvalue weighted by molar-refractivity contribution is -0.385. The average molecular weight is 617 g/mol. The molecule has 1 saturated heterocycles. The smallest absolute Gasteiger partial charge is 0.311 e. The van der Waals surface area contributed by atoms with Gasteiger partial charge in [0.15, 0.2) is 17.2 Å². The van der Waals surface area contributed by atoms with E-state index in [9.17, 15) is 14.9 Å². The van der Waals surface area contributed by atoms with Crippen LogP contribution in [0.3, 0.4) is 0 Å². The molecule has 0 spiro atoms. The van der Waals surface area contributed by atoms with Crippen LogP contribution in [0.15, 0.2) is 77.7 Å². The van der Waals surface area contributed by atoms with Gasteiger partial charge in [0, 0.05) is 18.2 Å². The predicted octanol–water partition coefficient (Wildman–Crippen LogP) is 6.31. The van der Waals surface area contributed by atoms with Crippen molar-refractivity contribution in [2.45, 2.75) is 13.3 Å². The molecule has 43 heavy (non-hydrogen) atoms. The van der Waals surface area contributed by atoms with Crippen molar-refractivity contribution < 1.29 is 23.9 Å². The SMILES string of the molecule is CCOc1ccc(-c2cc(/C=C3/SC(=S)N(CCc4ccc(OC)c(OC)c4)C3=O)n(-c3ccccc3)n2)cc1[N+](=O)[O-]. The van der Waals surface area contributed by atoms with Gasteiger partial charge < -0.3 is 14.2 Å². The summed E-state index contributed by atoms with van der Waals surface area (Å²) >= 11 is 6.80. The van der Waals surface area contributed by atoms with E-state index < -0.39 is 4.92 Å². The zero-order valence-corrected chi connectivity index (χ0v) is 25.3. The van der Waals surface area contributed by atoms with Crippen LogP contribution in [-0.2, 0) is 11.2 Å². The molecule has 1 aliphatic heterocycles. The maximum absolute atomic E-state index is 13.5. The average Bonchev–Trinajstić information content (AvgIpc) is 3.56. The summed E-state index contributed by atoms with van der Waals surface area (Å²) in [5.74, 6) is 1.24. The first-order chi connectivity index (χ1) is 20.8. The van der Waals surface area contributed by atoms with Gasteiger partial charge in [-0.3, -0.25) is 19.8 Å². The van der Waals surface area contributed by atoms with Gasteiger partial charge in [-0.25, -0.2) is 4.68 Å². The molecule has 2 heterocycles. The first kappa shape index (κ1) is 29.8. The van der Waals surface area contributed by atoms with Crippen molar-refractivity contribution in [3.05, 3.63) is 99.1 Å². The van der Waals surface area contributed by atoms with E-state index in [2.05, 4.69) is 0 Å². The number of ether oxygens (including phenoxy) is 3. The molecule has 0 saturated carbocycles. The standard InChI is InChI=1S/C31H28N4O6S2/c1-4-41-26-13-11-21(17-25(26)35(37)38)24-18-23(34(32-24)22-8-6-5-7-9-22)19-29-30(36)33(31(42)43-29)15-14-20-10-12-27(39-2)28(16-20)40-3/h5-13,16-19H,4,14-15H2,1-3H3/b29-19+. The molecule has 1 aromatic heterocycles. The van der Waals surface area contributed by atoms with Gasteiger partial charge in [-0.15, -0.1) is 0 Å². The van der Waals surface area contributed by atoms with Gasteiger partial charge in [0.2, 0.25) is 0 Å². The van der Waals surface area contributed by atoms with Gasteiger partial charge in [-0.1, -0.05) is 48.2 Å². The maximum Gasteiger partial charge on any atom is 0.311 e. The van der Waals surface area contributed by atoms with Gasteiger partial charge >= 0.3 is 5.69 Å². The highest BCUT2D eigenvalue weighted by atomic mass is 32.2. The number of benzene rings is 3. The van der Waals surface area contributed by atoms with Crippen LogP contribution in [0.1, 0.15) is 18.2 Å². The highest BCUT2D eigenvalue weighted by Gasteiger charge is 2.32. The number of thioether (sulfide) groups is 1. The summed E-state index contributed by atoms with van der Waals surface area (Å²) in [6.07, 6.45) is 2.32. The summed E-state index contributed by atoms with van der Waals surface area (Å²) in [7, 11) is 3.16. The number of amides is 1. The molecular formula is C31H28N4O6S2. The number of carbonyl (C=O) groups is 1. The molecule has 12 heteroatoms. The minimum Gasteiger partial charge on any atom is -0.493 e. The van der Waals surface area contributed by atoms with E-state index in [4.69, 9.17) is 31.5 Å². The molecule has 5 rings (SSSR count). The van der Waals surface area contributed by atoms with Crippen LogP contribution in [0, 0.1) is 10.1 Å². The number of rotatable bonds is 11. The van der Waals surface area contributed by atoms with Crippen molar-refractivity contribution in [3.63, 3.8) is 0 Å². The number of carbonyl (C=O) groups excluding carboxylic acids is 1. The van der Waals surface area contributed by atoms with E-state index in [1.165, 1.54) is 17.8 Å². The highest BCUT2D eigenvalue weighted by molar-refractivity contribution is 8.26. The van der Waals surface area contributed by atoms with E-state index in [1.807, 2.05) is 48.5 Å². The van der Waals surface area contributed by atoms with E-state index in [0.29, 0.717) is 57.2 Å². The molecule has 4 aromatic rings. The number of para-hydroxylation sites is 1. The number of hydrogen-bond acceptors (Lipinski definition) is 9. The largest absolute Gasteiger partial charge is 0.493 e. The van der Waals surface area contributed by atoms with Gasteiger partial charge in [0.25, 0.3) is 5.91 Å². The van der Waals surface area contributed by atoms with Crippen LogP contribution in [-0.4, -0.2) is 57.2 Å². The Balaban J connectivity index is 1.45. The van der Waals surface area contributed by atoms with Crippen LogP contribution in [0.2, 0.25) is 0 Å². The molecular weight excluding hydrogens is 588 g/mol. The van der Waals surface area contributed by atoms with Gasteiger partial charge in [-0.2, -0.15) is 5.10 Å². The van der Waals surface area contributed by atoms with Crippen LogP contribution in [0.4, 0.5) is 5.69 Å². The Morgan fingerprint density at radius 3 is 2.44 bits per heavy atom. The fourth-order valence-electron chi connectivity index (χ4n) is 4.62. The highest BCUT2D eigenvalue weighted by Crippen LogP contribution is 2.36. The van der Waals surface area contributed by atoms with Gasteiger partial charge in [0.1, 0.15) is 4.32 Å². The van der Waals surface area contributed by atoms with Crippen molar-refractivity contribution in [3.8, 4) is 34.2 Å². The van der Waals surface area contributed by atoms with Crippen molar-refractivity contribution in [2.75, 3.05) is 27.4 Å². The molecule has 1 amide bonds. The molecule has 1 fully saturated rings. The first-order valence-electron chi connectivity index (χ1n) is 13.4. The predicted molar refractivity (Wildman–Crippen MR) is 170 cm³/mol. The lowest BCUT2D eigenvalue weighted by Crippen LogP contribution is -2.30. The zero-order chi connectivity index (χ0) is 30.5. The minimum absolute atomic E-state index is 0.148. The zero-order valence-electron chi connectivity index (χ0n) is 23.7. The summed E-state index contributed by atoms with van der Waals surface area (Å²) in [5, 5.41) is 16.5. The van der Waals surface area contributed by atoms with Crippen molar-refractivity contribution >= 4 is 46.0 Å². The molecule has 3 aromatic carbocycles. The minimum atomic E-state index is -0.475. The van der Waals surface area contributed by atoms with Crippen LogP contribution >= 0.6 is 24.0 Å². The Morgan fingerprint density at radius 2 is 1.74 bits per heavy atom. The topological polar surface area (TPSA) is 109 Å². The van der Waals surface area contributed by atoms with Crippen LogP contribution in [0.5, 0.6) is 17.2 Å². The number of aromatic nitrogens is 2. The summed E-state index contributed by atoms with van der Waals surface area (Å²) in [5.41, 5.74) is 3.27. The summed E-state index contributed by atoms with van der Waals surface area (Å²) in [4.78, 5) is 26.8. The second-order valence-electron chi connectivity index (χ2n) is 9.35. The third-order valence-corrected chi connectivity index (χ3v) is 8.09. The Bertz CT molecular complexity index is 1720. The summed E-state index contributed by atoms with van der Waals surface area (Å²) in [6, 6.07) is 21.6. The molecule has 0 atom stereocenters. The van der Waals surface area contributed by atoms with Crippen LogP contribution in [0.25, 0.3) is 23.0 Å². The number of nitro benzene ring substituents is 1. The van der Waals surface area contributed by atoms with Crippen molar-refractivity contribution in [1.29, 1.82) is 0 Å². The molecule has 0 aliphatic carbocycles. The van der Waals surface area contributed by atoms with E-state index in [1.54, 1.807) is 55.0 Å². The van der Waals surface area contributed by atoms with E-state index in [-0.39, 0.29) is 17.3 Å². The number of hydrogen-bond donors (Lipinski definition) is 0. The quantitative estimate of drug-likeness (QED) is 0.0829. The van der Waals surface area contributed by atoms with Crippen molar-refractivity contribution in [2.24, 2.45) is 0 Å². The lowest BCUT2D eigenvalue weighted by Gasteiger charge is -2.15. The second kappa shape index (κ2) is 13.1. The third-order valence-electron chi connectivity index (χ3n) is 6.71. The number of methoxy groups -OCH3 is 2. The fourth-order valence-corrected chi connectivity index (χ4v) is 5.91. The summed E-state index contributed by atoms with van der Waals surface area (Å²) in [6.45, 7) is 2.47. The Kier molecular flexibility index (Phi) is 9.07. The Morgan fingerprint density at radius 1 is 1.00 bits per heavy atom. The molecule has 220 valence electrons. The third kappa shape index (κ3) is 6.40. The van der Waals surface area contributed by atoms with Crippen molar-refractivity contribution in [1.82, 2.24) is 14.7 Å². The fraction of sp³-hybridized carbons (Fsp3) is 0.194. The molecule has 1 aliphatic rings. The first-order valence-corrected chi connectivity index (χ1v) is 14.6. The van der Waals surface area contributed by atoms with E-state index in [0.717, 1.165) is 11.3 Å². The summed E-state index contributed by atoms with van der Waals surface area (Å²) < 4.78 is 18.3. The molecule has 0 N–H and O–H groups in total. The molecule has 0 unspecified atom stereocenters. The van der Waals surface area contributed by atoms with E-state index >= 15 is 0 Å². The number of nitrogens with zero attached hydrogens (tertiary/aromatic N) is 4. The van der Waals surface area contributed by atoms with Gasteiger partial charge in [0.05, 0.1) is 47.7 Å². The second-order valence-corrected chi connectivity index (χ2v) is 11.0. The maximum atomic E-state index is 13.5. The van der Waals surface area contributed by atoms with Crippen LogP contribution < -0.4 is 14.2 Å². The Labute approximate surface area is 258 Å². The molecule has 0 bridgehead atoms. The lowest BCUT2D eigenvalue weighted by atomic mass is 10.1. The number of nitro groups is 1.